The molecular formula is C14H11F3N6. The summed E-state index contributed by atoms with van der Waals surface area (Å²) in [6.45, 7) is 0. The second kappa shape index (κ2) is 5.67. The molecule has 0 unspecified atom stereocenters. The fourth-order valence-corrected chi connectivity index (χ4v) is 2.05. The maximum atomic E-state index is 12.8. The Morgan fingerprint density at radius 3 is 2.57 bits per heavy atom. The smallest absolute Gasteiger partial charge is 0.382 e. The minimum absolute atomic E-state index is 0.0459. The number of nitrogens with two attached hydrogens (primary N) is 1. The van der Waals surface area contributed by atoms with Crippen molar-refractivity contribution in [3.63, 3.8) is 0 Å². The average molecular weight is 320 g/mol. The Labute approximate surface area is 128 Å². The van der Waals surface area contributed by atoms with Gasteiger partial charge in [0, 0.05) is 18.0 Å². The molecule has 23 heavy (non-hydrogen) atoms. The summed E-state index contributed by atoms with van der Waals surface area (Å²) in [5, 5.41) is 11.6. The lowest BCUT2D eigenvalue weighted by molar-refractivity contribution is -0.128. The van der Waals surface area contributed by atoms with Crippen molar-refractivity contribution < 1.29 is 13.2 Å². The van der Waals surface area contributed by atoms with Gasteiger partial charge in [0.15, 0.2) is 5.82 Å². The largest absolute Gasteiger partial charge is 0.394 e. The van der Waals surface area contributed by atoms with Crippen LogP contribution in [0.2, 0.25) is 0 Å². The highest BCUT2D eigenvalue weighted by atomic mass is 19.4. The number of aromatic nitrogens is 5. The van der Waals surface area contributed by atoms with Crippen LogP contribution >= 0.6 is 0 Å². The van der Waals surface area contributed by atoms with Gasteiger partial charge in [-0.2, -0.15) is 18.3 Å². The van der Waals surface area contributed by atoms with E-state index in [2.05, 4.69) is 20.3 Å². The Morgan fingerprint density at radius 2 is 1.96 bits per heavy atom. The number of alkyl halides is 3. The van der Waals surface area contributed by atoms with Crippen molar-refractivity contribution in [3.05, 3.63) is 48.4 Å². The van der Waals surface area contributed by atoms with E-state index in [1.54, 1.807) is 18.3 Å². The molecule has 6 nitrogen and oxygen atoms in total. The number of rotatable bonds is 3. The Morgan fingerprint density at radius 1 is 1.13 bits per heavy atom. The molecular weight excluding hydrogens is 309 g/mol. The number of anilines is 1. The third-order valence-corrected chi connectivity index (χ3v) is 3.01. The first-order valence-corrected chi connectivity index (χ1v) is 6.58. The summed E-state index contributed by atoms with van der Waals surface area (Å²) in [4.78, 5) is 3.94. The molecule has 0 spiro atoms. The van der Waals surface area contributed by atoms with E-state index in [0.717, 1.165) is 4.68 Å². The molecule has 3 aromatic rings. The third kappa shape index (κ3) is 3.44. The van der Waals surface area contributed by atoms with Gasteiger partial charge in [-0.25, -0.2) is 4.68 Å². The zero-order valence-electron chi connectivity index (χ0n) is 11.7. The fourth-order valence-electron chi connectivity index (χ4n) is 2.05. The van der Waals surface area contributed by atoms with Gasteiger partial charge in [0.05, 0.1) is 17.8 Å². The molecule has 0 bridgehead atoms. The Bertz CT molecular complexity index is 796. The van der Waals surface area contributed by atoms with Crippen LogP contribution in [-0.4, -0.2) is 31.1 Å². The van der Waals surface area contributed by atoms with Crippen LogP contribution in [0.15, 0.2) is 42.7 Å². The lowest BCUT2D eigenvalue weighted by Gasteiger charge is -2.08. The van der Waals surface area contributed by atoms with Gasteiger partial charge in [0.1, 0.15) is 5.82 Å². The summed E-state index contributed by atoms with van der Waals surface area (Å²) < 4.78 is 39.5. The summed E-state index contributed by atoms with van der Waals surface area (Å²) >= 11 is 0. The highest BCUT2D eigenvalue weighted by molar-refractivity contribution is 5.58. The molecule has 0 atom stereocenters. The first-order chi connectivity index (χ1) is 10.9. The average Bonchev–Trinajstić information content (AvgIpc) is 2.91. The monoisotopic (exact) mass is 320 g/mol. The molecule has 0 saturated heterocycles. The predicted octanol–water partition coefficient (Wildman–Crippen LogP) is 2.41. The molecule has 0 amide bonds. The van der Waals surface area contributed by atoms with Gasteiger partial charge in [-0.3, -0.25) is 4.98 Å². The van der Waals surface area contributed by atoms with Gasteiger partial charge in [-0.05, 0) is 30.3 Å². The molecule has 0 aliphatic rings. The van der Waals surface area contributed by atoms with Crippen LogP contribution in [0.25, 0.3) is 17.1 Å². The number of halogens is 3. The van der Waals surface area contributed by atoms with Gasteiger partial charge in [0.25, 0.3) is 0 Å². The van der Waals surface area contributed by atoms with Crippen LogP contribution in [-0.2, 0) is 6.42 Å². The summed E-state index contributed by atoms with van der Waals surface area (Å²) in [6.07, 6.45) is -2.40. The van der Waals surface area contributed by atoms with E-state index < -0.39 is 12.6 Å². The Hall–Kier alpha value is -2.97. The van der Waals surface area contributed by atoms with E-state index in [9.17, 15) is 13.2 Å². The molecule has 2 N–H and O–H groups in total. The van der Waals surface area contributed by atoms with E-state index in [4.69, 9.17) is 5.73 Å². The van der Waals surface area contributed by atoms with Crippen molar-refractivity contribution in [1.82, 2.24) is 25.0 Å². The highest BCUT2D eigenvalue weighted by Gasteiger charge is 2.30. The van der Waals surface area contributed by atoms with E-state index >= 15 is 0 Å². The maximum Gasteiger partial charge on any atom is 0.394 e. The van der Waals surface area contributed by atoms with Crippen molar-refractivity contribution in [2.24, 2.45) is 0 Å². The van der Waals surface area contributed by atoms with E-state index in [1.807, 2.05) is 0 Å². The summed E-state index contributed by atoms with van der Waals surface area (Å²) in [5.41, 5.74) is 6.38. The fraction of sp³-hybridized carbons (Fsp3) is 0.143. The molecule has 0 aliphatic heterocycles. The first-order valence-electron chi connectivity index (χ1n) is 6.58. The normalized spacial score (nSPS) is 11.6. The molecule has 0 saturated carbocycles. The molecule has 0 aliphatic carbocycles. The van der Waals surface area contributed by atoms with Crippen LogP contribution < -0.4 is 5.73 Å². The standard InChI is InChI=1S/C14H11F3N6/c15-14(16,17)7-10-6-11(9-2-1-5-19-8-9)22-23(10)13-4-3-12(18)20-21-13/h1-6,8H,7H2,(H2,18,20). The molecule has 118 valence electrons. The number of nitrogens with zero attached hydrogens (tertiary/aromatic N) is 5. The minimum atomic E-state index is -4.37. The molecule has 0 radical (unpaired) electrons. The second-order valence-electron chi connectivity index (χ2n) is 4.78. The highest BCUT2D eigenvalue weighted by Crippen LogP contribution is 2.26. The lowest BCUT2D eigenvalue weighted by Crippen LogP contribution is -2.16. The number of nitrogen functional groups attached to an aromatic ring is 1. The van der Waals surface area contributed by atoms with Crippen molar-refractivity contribution in [3.8, 4) is 17.1 Å². The summed E-state index contributed by atoms with van der Waals surface area (Å²) in [6, 6.07) is 7.67. The van der Waals surface area contributed by atoms with E-state index in [-0.39, 0.29) is 17.3 Å². The summed E-state index contributed by atoms with van der Waals surface area (Å²) in [7, 11) is 0. The van der Waals surface area contributed by atoms with Crippen LogP contribution in [0.4, 0.5) is 19.0 Å². The van der Waals surface area contributed by atoms with Crippen molar-refractivity contribution >= 4 is 5.82 Å². The van der Waals surface area contributed by atoms with Crippen LogP contribution in [0.5, 0.6) is 0 Å². The zero-order valence-corrected chi connectivity index (χ0v) is 11.7. The Balaban J connectivity index is 2.09. The Kier molecular flexibility index (Phi) is 3.68. The quantitative estimate of drug-likeness (QED) is 0.801. The van der Waals surface area contributed by atoms with Crippen molar-refractivity contribution in [2.75, 3.05) is 5.73 Å². The van der Waals surface area contributed by atoms with Crippen LogP contribution in [0, 0.1) is 0 Å². The topological polar surface area (TPSA) is 82.5 Å². The SMILES string of the molecule is Nc1ccc(-n2nc(-c3cccnc3)cc2CC(F)(F)F)nn1. The molecule has 0 fully saturated rings. The lowest BCUT2D eigenvalue weighted by atomic mass is 10.2. The maximum absolute atomic E-state index is 12.8. The van der Waals surface area contributed by atoms with Gasteiger partial charge in [-0.1, -0.05) is 0 Å². The number of hydrogen-bond donors (Lipinski definition) is 1. The van der Waals surface area contributed by atoms with Gasteiger partial charge in [-0.15, -0.1) is 10.2 Å². The molecule has 9 heteroatoms. The van der Waals surface area contributed by atoms with Gasteiger partial charge in [0.2, 0.25) is 0 Å². The second-order valence-corrected chi connectivity index (χ2v) is 4.78. The molecule has 0 aromatic carbocycles. The number of hydrogen-bond acceptors (Lipinski definition) is 5. The van der Waals surface area contributed by atoms with E-state index in [1.165, 1.54) is 24.4 Å². The predicted molar refractivity (Wildman–Crippen MR) is 76.6 cm³/mol. The number of pyridine rings is 1. The minimum Gasteiger partial charge on any atom is -0.382 e. The molecule has 3 aromatic heterocycles. The third-order valence-electron chi connectivity index (χ3n) is 3.01. The van der Waals surface area contributed by atoms with Gasteiger partial charge >= 0.3 is 6.18 Å². The molecule has 3 heterocycles. The van der Waals surface area contributed by atoms with Crippen LogP contribution in [0.3, 0.4) is 0 Å². The van der Waals surface area contributed by atoms with Crippen molar-refractivity contribution in [2.45, 2.75) is 12.6 Å². The van der Waals surface area contributed by atoms with E-state index in [0.29, 0.717) is 11.3 Å². The van der Waals surface area contributed by atoms with Crippen molar-refractivity contribution in [1.29, 1.82) is 0 Å². The van der Waals surface area contributed by atoms with Gasteiger partial charge < -0.3 is 5.73 Å². The molecule has 3 rings (SSSR count). The zero-order chi connectivity index (χ0) is 16.4. The first kappa shape index (κ1) is 14.9. The summed E-state index contributed by atoms with van der Waals surface area (Å²) in [5.74, 6) is 0.333. The van der Waals surface area contributed by atoms with Crippen LogP contribution in [0.1, 0.15) is 5.69 Å².